The van der Waals surface area contributed by atoms with E-state index in [0.717, 1.165) is 25.7 Å². The van der Waals surface area contributed by atoms with Gasteiger partial charge in [-0.25, -0.2) is 0 Å². The van der Waals surface area contributed by atoms with Crippen molar-refractivity contribution in [3.63, 3.8) is 0 Å². The van der Waals surface area contributed by atoms with Crippen LogP contribution in [0, 0.1) is 0 Å². The van der Waals surface area contributed by atoms with Crippen molar-refractivity contribution in [2.45, 2.75) is 10.9 Å². The highest BCUT2D eigenvalue weighted by Gasteiger charge is 2.15. The zero-order chi connectivity index (χ0) is 17.5. The number of halogens is 1. The molecule has 0 bridgehead atoms. The maximum absolute atomic E-state index is 5.39. The Morgan fingerprint density at radius 1 is 1.12 bits per heavy atom. The Balaban J connectivity index is 1.41. The van der Waals surface area contributed by atoms with Crippen LogP contribution in [-0.2, 0) is 5.75 Å². The maximum Gasteiger partial charge on any atom is 0.237 e. The van der Waals surface area contributed by atoms with Gasteiger partial charge in [0.05, 0.1) is 16.0 Å². The Bertz CT molecular complexity index is 1230. The molecule has 0 atom stereocenters. The molecule has 9 heteroatoms. The highest BCUT2D eigenvalue weighted by Crippen LogP contribution is 2.31. The third kappa shape index (κ3) is 2.81. The van der Waals surface area contributed by atoms with E-state index in [-0.39, 0.29) is 0 Å². The zero-order valence-electron chi connectivity index (χ0n) is 13.2. The van der Waals surface area contributed by atoms with Gasteiger partial charge in [-0.05, 0) is 24.3 Å². The lowest BCUT2D eigenvalue weighted by Gasteiger charge is -1.96. The first-order chi connectivity index (χ1) is 12.8. The molecule has 26 heavy (non-hydrogen) atoms. The van der Waals surface area contributed by atoms with E-state index in [0.29, 0.717) is 17.5 Å². The molecule has 0 saturated heterocycles. The largest absolute Gasteiger partial charge is 0.338 e. The van der Waals surface area contributed by atoms with Gasteiger partial charge < -0.3 is 4.52 Å². The van der Waals surface area contributed by atoms with E-state index >= 15 is 0 Å². The van der Waals surface area contributed by atoms with Gasteiger partial charge in [0.25, 0.3) is 0 Å². The summed E-state index contributed by atoms with van der Waals surface area (Å²) >= 11 is 6.61. The van der Waals surface area contributed by atoms with Crippen LogP contribution in [0.1, 0.15) is 5.89 Å². The minimum absolute atomic E-state index is 0.534. The molecule has 3 aromatic heterocycles. The third-order valence-corrected chi connectivity index (χ3v) is 6.21. The van der Waals surface area contributed by atoms with Gasteiger partial charge in [-0.1, -0.05) is 68.5 Å². The number of aromatic nitrogens is 5. The molecule has 128 valence electrons. The van der Waals surface area contributed by atoms with E-state index < -0.39 is 0 Å². The molecule has 2 aromatic carbocycles. The summed E-state index contributed by atoms with van der Waals surface area (Å²) in [5.41, 5.74) is 2.02. The first kappa shape index (κ1) is 16.0. The molecule has 0 aliphatic heterocycles. The van der Waals surface area contributed by atoms with Crippen LogP contribution in [0.2, 0.25) is 0 Å². The van der Waals surface area contributed by atoms with E-state index in [1.165, 1.54) is 16.5 Å². The van der Waals surface area contributed by atoms with E-state index in [4.69, 9.17) is 4.52 Å². The average Bonchev–Trinajstić information content (AvgIpc) is 3.35. The van der Waals surface area contributed by atoms with Crippen LogP contribution in [0.5, 0.6) is 0 Å². The predicted molar refractivity (Wildman–Crippen MR) is 105 cm³/mol. The van der Waals surface area contributed by atoms with Gasteiger partial charge in [-0.2, -0.15) is 4.98 Å². The molecule has 0 spiro atoms. The van der Waals surface area contributed by atoms with Crippen molar-refractivity contribution < 1.29 is 4.52 Å². The number of para-hydroxylation sites is 1. The summed E-state index contributed by atoms with van der Waals surface area (Å²) in [5, 5.41) is 13.4. The molecule has 3 heterocycles. The topological polar surface area (TPSA) is 69.1 Å². The molecule has 0 aliphatic rings. The monoisotopic (exact) mass is 443 g/mol. The van der Waals surface area contributed by atoms with Gasteiger partial charge in [0.1, 0.15) is 0 Å². The number of thioether (sulfide) groups is 1. The molecule has 5 aromatic rings. The number of thiazole rings is 1. The number of nitrogens with zero attached hydrogens (tertiary/aromatic N) is 5. The third-order valence-electron chi connectivity index (χ3n) is 3.79. The first-order valence-electron chi connectivity index (χ1n) is 7.72. The van der Waals surface area contributed by atoms with Gasteiger partial charge >= 0.3 is 0 Å². The minimum Gasteiger partial charge on any atom is -0.338 e. The van der Waals surface area contributed by atoms with Crippen LogP contribution in [0.25, 0.3) is 26.6 Å². The fourth-order valence-corrected chi connectivity index (χ4v) is 4.84. The standard InChI is InChI=1S/C17H10BrN5OS2/c18-11-5-3-4-10(8-11)15-19-14(24-22-15)9-25-16-20-21-17-23(16)12-6-1-2-7-13(12)26-17/h1-8H,9H2. The molecular weight excluding hydrogens is 434 g/mol. The summed E-state index contributed by atoms with van der Waals surface area (Å²) in [6.45, 7) is 0. The number of hydrogen-bond acceptors (Lipinski definition) is 7. The molecule has 5 rings (SSSR count). The highest BCUT2D eigenvalue weighted by atomic mass is 79.9. The van der Waals surface area contributed by atoms with Crippen molar-refractivity contribution in [3.05, 3.63) is 58.9 Å². The van der Waals surface area contributed by atoms with Crippen LogP contribution in [0.15, 0.2) is 62.7 Å². The minimum atomic E-state index is 0.534. The average molecular weight is 444 g/mol. The lowest BCUT2D eigenvalue weighted by Crippen LogP contribution is -1.87. The molecule has 0 unspecified atom stereocenters. The van der Waals surface area contributed by atoms with E-state index in [1.54, 1.807) is 11.3 Å². The van der Waals surface area contributed by atoms with E-state index in [1.807, 2.05) is 36.4 Å². The lowest BCUT2D eigenvalue weighted by molar-refractivity contribution is 0.391. The lowest BCUT2D eigenvalue weighted by atomic mass is 10.2. The molecule has 0 amide bonds. The zero-order valence-corrected chi connectivity index (χ0v) is 16.4. The Morgan fingerprint density at radius 3 is 2.96 bits per heavy atom. The van der Waals surface area contributed by atoms with Crippen LogP contribution in [-0.4, -0.2) is 24.7 Å². The van der Waals surface area contributed by atoms with Crippen molar-refractivity contribution in [2.75, 3.05) is 0 Å². The van der Waals surface area contributed by atoms with Gasteiger partial charge in [0, 0.05) is 10.0 Å². The van der Waals surface area contributed by atoms with Crippen LogP contribution in [0.3, 0.4) is 0 Å². The van der Waals surface area contributed by atoms with Crippen molar-refractivity contribution in [1.82, 2.24) is 24.7 Å². The van der Waals surface area contributed by atoms with Crippen molar-refractivity contribution in [2.24, 2.45) is 0 Å². The SMILES string of the molecule is Brc1cccc(-c2noc(CSc3nnc4sc5ccccc5n34)n2)c1. The summed E-state index contributed by atoms with van der Waals surface area (Å²) < 4.78 is 9.62. The predicted octanol–water partition coefficient (Wildman–Crippen LogP) is 5.05. The Hall–Kier alpha value is -2.23. The molecular formula is C17H10BrN5OS2. The normalized spacial score (nSPS) is 11.6. The summed E-state index contributed by atoms with van der Waals surface area (Å²) in [6.07, 6.45) is 0. The quantitative estimate of drug-likeness (QED) is 0.362. The second-order valence-electron chi connectivity index (χ2n) is 5.48. The van der Waals surface area contributed by atoms with Gasteiger partial charge in [-0.3, -0.25) is 4.40 Å². The Kier molecular flexibility index (Phi) is 3.99. The fraction of sp³-hybridized carbons (Fsp3) is 0.0588. The van der Waals surface area contributed by atoms with Crippen LogP contribution >= 0.6 is 39.0 Å². The Morgan fingerprint density at radius 2 is 2.04 bits per heavy atom. The molecule has 0 radical (unpaired) electrons. The van der Waals surface area contributed by atoms with Crippen molar-refractivity contribution in [1.29, 1.82) is 0 Å². The molecule has 6 nitrogen and oxygen atoms in total. The smallest absolute Gasteiger partial charge is 0.237 e. The van der Waals surface area contributed by atoms with E-state index in [2.05, 4.69) is 52.8 Å². The van der Waals surface area contributed by atoms with Crippen LogP contribution < -0.4 is 0 Å². The second-order valence-corrected chi connectivity index (χ2v) is 8.35. The summed E-state index contributed by atoms with van der Waals surface area (Å²) in [4.78, 5) is 5.36. The fourth-order valence-electron chi connectivity index (χ4n) is 2.63. The molecule has 0 N–H and O–H groups in total. The summed E-state index contributed by atoms with van der Waals surface area (Å²) in [5.74, 6) is 1.67. The number of hydrogen-bond donors (Lipinski definition) is 0. The first-order valence-corrected chi connectivity index (χ1v) is 10.3. The van der Waals surface area contributed by atoms with Gasteiger partial charge in [-0.15, -0.1) is 10.2 Å². The second kappa shape index (κ2) is 6.49. The summed E-state index contributed by atoms with van der Waals surface area (Å²) in [7, 11) is 0. The molecule has 0 aliphatic carbocycles. The molecule has 0 saturated carbocycles. The molecule has 0 fully saturated rings. The van der Waals surface area contributed by atoms with Crippen LogP contribution in [0.4, 0.5) is 0 Å². The number of benzene rings is 2. The van der Waals surface area contributed by atoms with Gasteiger partial charge in [0.2, 0.25) is 16.7 Å². The maximum atomic E-state index is 5.39. The van der Waals surface area contributed by atoms with Crippen molar-refractivity contribution >= 4 is 54.2 Å². The summed E-state index contributed by atoms with van der Waals surface area (Å²) in [6, 6.07) is 16.0. The number of rotatable bonds is 4. The van der Waals surface area contributed by atoms with Gasteiger partial charge in [0.15, 0.2) is 5.16 Å². The highest BCUT2D eigenvalue weighted by molar-refractivity contribution is 9.10. The van der Waals surface area contributed by atoms with E-state index in [9.17, 15) is 0 Å². The van der Waals surface area contributed by atoms with Crippen molar-refractivity contribution in [3.8, 4) is 11.4 Å². The number of fused-ring (bicyclic) bond motifs is 3. The Labute approximate surface area is 164 Å².